The molecule has 0 radical (unpaired) electrons. The molecule has 2 heterocycles. The van der Waals surface area contributed by atoms with Crippen molar-refractivity contribution >= 4 is 40.1 Å². The van der Waals surface area contributed by atoms with Gasteiger partial charge in [-0.3, -0.25) is 9.59 Å². The van der Waals surface area contributed by atoms with Crippen LogP contribution < -0.4 is 10.2 Å². The highest BCUT2D eigenvalue weighted by molar-refractivity contribution is 6.35. The largest absolute Gasteiger partial charge is 0.508 e. The molecule has 1 unspecified atom stereocenters. The van der Waals surface area contributed by atoms with Gasteiger partial charge in [0.05, 0.1) is 17.4 Å². The van der Waals surface area contributed by atoms with Crippen molar-refractivity contribution in [3.63, 3.8) is 0 Å². The van der Waals surface area contributed by atoms with Crippen LogP contribution >= 0.6 is 23.2 Å². The quantitative estimate of drug-likeness (QED) is 0.302. The van der Waals surface area contributed by atoms with E-state index < -0.39 is 11.9 Å². The molecule has 1 N–H and O–H groups in total. The van der Waals surface area contributed by atoms with Crippen molar-refractivity contribution in [2.75, 3.05) is 0 Å². The van der Waals surface area contributed by atoms with E-state index in [9.17, 15) is 14.7 Å². The zero-order chi connectivity index (χ0) is 21.7. The summed E-state index contributed by atoms with van der Waals surface area (Å²) >= 11 is 12.5. The Kier molecular flexibility index (Phi) is 4.73. The number of benzene rings is 3. The molecular formula is C24H14Cl2O5. The smallest absolute Gasteiger partial charge is 0.312 e. The van der Waals surface area contributed by atoms with E-state index in [0.717, 1.165) is 0 Å². The van der Waals surface area contributed by atoms with Crippen molar-refractivity contribution in [2.45, 2.75) is 12.3 Å². The molecule has 0 saturated carbocycles. The van der Waals surface area contributed by atoms with Gasteiger partial charge in [-0.15, -0.1) is 0 Å². The maximum atomic E-state index is 13.2. The third kappa shape index (κ3) is 3.36. The van der Waals surface area contributed by atoms with Crippen molar-refractivity contribution in [3.05, 3.63) is 92.3 Å². The first-order chi connectivity index (χ1) is 14.9. The fourth-order valence-corrected chi connectivity index (χ4v) is 4.49. The van der Waals surface area contributed by atoms with Gasteiger partial charge in [0.1, 0.15) is 23.3 Å². The maximum absolute atomic E-state index is 13.2. The van der Waals surface area contributed by atoms with Gasteiger partial charge in [-0.25, -0.2) is 0 Å². The van der Waals surface area contributed by atoms with Crippen LogP contribution in [0.1, 0.15) is 23.5 Å². The molecule has 0 saturated heterocycles. The molecule has 154 valence electrons. The summed E-state index contributed by atoms with van der Waals surface area (Å²) in [5, 5.41) is 10.8. The molecular weight excluding hydrogens is 439 g/mol. The van der Waals surface area contributed by atoms with Crippen LogP contribution in [0.2, 0.25) is 10.0 Å². The minimum atomic E-state index is -0.451. The zero-order valence-corrected chi connectivity index (χ0v) is 17.4. The Hall–Kier alpha value is -3.28. The van der Waals surface area contributed by atoms with Crippen LogP contribution in [-0.2, 0) is 4.79 Å². The molecule has 1 aliphatic rings. The van der Waals surface area contributed by atoms with E-state index in [1.807, 2.05) is 0 Å². The number of carbonyl (C=O) groups excluding carboxylic acids is 1. The second kappa shape index (κ2) is 7.45. The number of esters is 1. The van der Waals surface area contributed by atoms with E-state index in [0.29, 0.717) is 49.0 Å². The van der Waals surface area contributed by atoms with E-state index in [1.54, 1.807) is 42.5 Å². The Morgan fingerprint density at radius 2 is 1.74 bits per heavy atom. The summed E-state index contributed by atoms with van der Waals surface area (Å²) in [7, 11) is 0. The lowest BCUT2D eigenvalue weighted by molar-refractivity contribution is -0.135. The van der Waals surface area contributed by atoms with Crippen molar-refractivity contribution < 1.29 is 19.1 Å². The number of carbonyl (C=O) groups is 1. The minimum absolute atomic E-state index is 0.0525. The van der Waals surface area contributed by atoms with Crippen LogP contribution in [0.15, 0.2) is 70.1 Å². The first kappa shape index (κ1) is 19.7. The lowest BCUT2D eigenvalue weighted by Crippen LogP contribution is -2.22. The molecule has 1 aliphatic heterocycles. The number of ether oxygens (including phenoxy) is 1. The van der Waals surface area contributed by atoms with Crippen LogP contribution in [0.4, 0.5) is 0 Å². The summed E-state index contributed by atoms with van der Waals surface area (Å²) in [6, 6.07) is 14.6. The van der Waals surface area contributed by atoms with Gasteiger partial charge in [0.15, 0.2) is 0 Å². The fourth-order valence-electron chi connectivity index (χ4n) is 3.95. The minimum Gasteiger partial charge on any atom is -0.508 e. The Morgan fingerprint density at radius 3 is 2.48 bits per heavy atom. The molecule has 1 atom stereocenters. The Balaban J connectivity index is 1.74. The second-order valence-electron chi connectivity index (χ2n) is 7.28. The molecule has 0 fully saturated rings. The highest BCUT2D eigenvalue weighted by Gasteiger charge is 2.33. The van der Waals surface area contributed by atoms with E-state index in [4.69, 9.17) is 32.4 Å². The van der Waals surface area contributed by atoms with Gasteiger partial charge >= 0.3 is 5.97 Å². The van der Waals surface area contributed by atoms with Crippen molar-refractivity contribution in [3.8, 4) is 22.6 Å². The Labute approximate surface area is 186 Å². The fraction of sp³-hybridized carbons (Fsp3) is 0.0833. The van der Waals surface area contributed by atoms with Gasteiger partial charge in [-0.05, 0) is 47.5 Å². The zero-order valence-electron chi connectivity index (χ0n) is 15.9. The number of hydrogen-bond donors (Lipinski definition) is 1. The third-order valence-electron chi connectivity index (χ3n) is 5.40. The summed E-state index contributed by atoms with van der Waals surface area (Å²) in [6.07, 6.45) is 1.44. The van der Waals surface area contributed by atoms with Gasteiger partial charge in [-0.2, -0.15) is 0 Å². The standard InChI is InChI=1S/C24H14Cl2O5/c25-13-3-6-15(19(26)9-13)17-10-21(28)31-20-8-7-16-23(29)18(11-30-24(16)22(17)20)12-1-4-14(27)5-2-12/h1-9,11,17,27H,10H2. The normalized spacial score (nSPS) is 15.5. The summed E-state index contributed by atoms with van der Waals surface area (Å²) < 4.78 is 11.4. The lowest BCUT2D eigenvalue weighted by atomic mass is 9.85. The lowest BCUT2D eigenvalue weighted by Gasteiger charge is -2.26. The van der Waals surface area contributed by atoms with Crippen LogP contribution in [0.5, 0.6) is 11.5 Å². The van der Waals surface area contributed by atoms with Crippen molar-refractivity contribution in [1.82, 2.24) is 0 Å². The van der Waals surface area contributed by atoms with Gasteiger partial charge in [0, 0.05) is 21.5 Å². The average Bonchev–Trinajstić information content (AvgIpc) is 2.74. The number of halogens is 2. The molecule has 1 aromatic heterocycles. The van der Waals surface area contributed by atoms with E-state index in [2.05, 4.69) is 0 Å². The molecule has 31 heavy (non-hydrogen) atoms. The van der Waals surface area contributed by atoms with E-state index in [1.165, 1.54) is 18.4 Å². The second-order valence-corrected chi connectivity index (χ2v) is 8.12. The predicted molar refractivity (Wildman–Crippen MR) is 118 cm³/mol. The highest BCUT2D eigenvalue weighted by atomic mass is 35.5. The number of rotatable bonds is 2. The van der Waals surface area contributed by atoms with Crippen LogP contribution in [0.25, 0.3) is 22.1 Å². The molecule has 0 aliphatic carbocycles. The monoisotopic (exact) mass is 452 g/mol. The SMILES string of the molecule is O=C1CC(c2ccc(Cl)cc2Cl)c2c(ccc3c(=O)c(-c4ccc(O)cc4)coc23)O1. The topological polar surface area (TPSA) is 76.7 Å². The molecule has 0 spiro atoms. The number of fused-ring (bicyclic) bond motifs is 3. The van der Waals surface area contributed by atoms with Crippen LogP contribution in [0, 0.1) is 0 Å². The summed E-state index contributed by atoms with van der Waals surface area (Å²) in [5.41, 5.74) is 2.38. The molecule has 3 aromatic carbocycles. The Morgan fingerprint density at radius 1 is 0.968 bits per heavy atom. The maximum Gasteiger partial charge on any atom is 0.312 e. The highest BCUT2D eigenvalue weighted by Crippen LogP contribution is 2.45. The predicted octanol–water partition coefficient (Wildman–Crippen LogP) is 5.91. The number of phenolic OH excluding ortho intramolecular Hbond substituents is 1. The van der Waals surface area contributed by atoms with Crippen LogP contribution in [0.3, 0.4) is 0 Å². The van der Waals surface area contributed by atoms with E-state index in [-0.39, 0.29) is 17.6 Å². The van der Waals surface area contributed by atoms with Crippen molar-refractivity contribution in [1.29, 1.82) is 0 Å². The van der Waals surface area contributed by atoms with Gasteiger partial charge in [0.25, 0.3) is 0 Å². The molecule has 0 amide bonds. The van der Waals surface area contributed by atoms with E-state index >= 15 is 0 Å². The average molecular weight is 453 g/mol. The molecule has 0 bridgehead atoms. The summed E-state index contributed by atoms with van der Waals surface area (Å²) in [5.74, 6) is -0.411. The summed E-state index contributed by atoms with van der Waals surface area (Å²) in [4.78, 5) is 25.5. The first-order valence-electron chi connectivity index (χ1n) is 9.46. The van der Waals surface area contributed by atoms with Gasteiger partial charge < -0.3 is 14.3 Å². The molecule has 5 nitrogen and oxygen atoms in total. The van der Waals surface area contributed by atoms with Gasteiger partial charge in [-0.1, -0.05) is 41.4 Å². The van der Waals surface area contributed by atoms with Gasteiger partial charge in [0.2, 0.25) is 5.43 Å². The number of aromatic hydroxyl groups is 1. The number of hydrogen-bond acceptors (Lipinski definition) is 5. The Bertz CT molecular complexity index is 1410. The number of phenols is 1. The molecule has 5 rings (SSSR count). The van der Waals surface area contributed by atoms with Crippen molar-refractivity contribution in [2.24, 2.45) is 0 Å². The first-order valence-corrected chi connectivity index (χ1v) is 10.2. The molecule has 4 aromatic rings. The van der Waals surface area contributed by atoms with Crippen LogP contribution in [-0.4, -0.2) is 11.1 Å². The molecule has 7 heteroatoms. The summed E-state index contributed by atoms with van der Waals surface area (Å²) in [6.45, 7) is 0. The third-order valence-corrected chi connectivity index (χ3v) is 5.96.